The minimum atomic E-state index is -0.926. The Hall–Kier alpha value is -3.34. The van der Waals surface area contributed by atoms with Gasteiger partial charge in [-0.2, -0.15) is 0 Å². The molecule has 0 aliphatic rings. The van der Waals surface area contributed by atoms with E-state index in [0.29, 0.717) is 17.1 Å². The Morgan fingerprint density at radius 1 is 1.30 bits per heavy atom. The lowest BCUT2D eigenvalue weighted by atomic mass is 10.3. The van der Waals surface area contributed by atoms with Crippen molar-refractivity contribution in [2.24, 2.45) is 5.73 Å². The summed E-state index contributed by atoms with van der Waals surface area (Å²) in [7, 11) is 0. The molecule has 0 spiro atoms. The first-order chi connectivity index (χ1) is 12.8. The molecule has 0 aliphatic heterocycles. The number of aromatic nitrogens is 3. The van der Waals surface area contributed by atoms with E-state index in [1.54, 1.807) is 12.1 Å². The Balaban J connectivity index is 1.97. The van der Waals surface area contributed by atoms with Crippen LogP contribution in [0.1, 0.15) is 25.2 Å². The number of carbonyl (C=O) groups is 1. The second kappa shape index (κ2) is 9.38. The summed E-state index contributed by atoms with van der Waals surface area (Å²) in [6.07, 6.45) is 3.52. The smallest absolute Gasteiger partial charge is 0.404 e. The Morgan fingerprint density at radius 2 is 2.04 bits per heavy atom. The number of carbonyl (C=O) groups excluding carboxylic acids is 1. The van der Waals surface area contributed by atoms with Gasteiger partial charge in [0.25, 0.3) is 0 Å². The van der Waals surface area contributed by atoms with Crippen LogP contribution >= 0.6 is 12.2 Å². The maximum atomic E-state index is 10.7. The number of hydrogen-bond acceptors (Lipinski definition) is 8. The first kappa shape index (κ1) is 20.0. The van der Waals surface area contributed by atoms with Crippen molar-refractivity contribution in [3.05, 3.63) is 42.1 Å². The quantitative estimate of drug-likeness (QED) is 0.328. The van der Waals surface area contributed by atoms with Gasteiger partial charge in [-0.25, -0.2) is 14.8 Å². The van der Waals surface area contributed by atoms with Crippen molar-refractivity contribution < 1.29 is 14.3 Å². The summed E-state index contributed by atoms with van der Waals surface area (Å²) in [5.41, 5.74) is 5.66. The van der Waals surface area contributed by atoms with E-state index in [1.165, 1.54) is 18.6 Å². The molecule has 5 N–H and O–H groups in total. The van der Waals surface area contributed by atoms with Crippen molar-refractivity contribution in [3.63, 3.8) is 0 Å². The number of nitrogens with two attached hydrogens (primary N) is 1. The number of hydrogen-bond donors (Lipinski definition) is 4. The number of thiocarbonyl (C=S) groups is 1. The van der Waals surface area contributed by atoms with Crippen LogP contribution in [0.5, 0.6) is 5.75 Å². The highest BCUT2D eigenvalue weighted by atomic mass is 32.1. The van der Waals surface area contributed by atoms with Crippen molar-refractivity contribution >= 4 is 35.1 Å². The van der Waals surface area contributed by atoms with Crippen molar-refractivity contribution in [1.82, 2.24) is 20.3 Å². The third kappa shape index (κ3) is 6.47. The molecule has 0 saturated heterocycles. The van der Waals surface area contributed by atoms with Gasteiger partial charge in [0.2, 0.25) is 0 Å². The standard InChI is InChI=1S/C16H19N7O3S/c1-9(2)26-10-3-4-11(21-7-10)13(17)22-16(27)23-14-12(8-25-15(18)24)19-5-6-20-14/h3-7,9H,8H2,1-2H3,(H2,18,24)(H3,17,20,22,23,27). The number of rotatable bonds is 6. The summed E-state index contributed by atoms with van der Waals surface area (Å²) in [4.78, 5) is 23.0. The number of pyridine rings is 1. The predicted octanol–water partition coefficient (Wildman–Crippen LogP) is 1.57. The summed E-state index contributed by atoms with van der Waals surface area (Å²) >= 11 is 5.17. The first-order valence-corrected chi connectivity index (χ1v) is 8.27. The highest BCUT2D eigenvalue weighted by molar-refractivity contribution is 7.80. The highest BCUT2D eigenvalue weighted by Gasteiger charge is 2.11. The summed E-state index contributed by atoms with van der Waals surface area (Å²) in [5, 5.41) is 13.7. The molecule has 0 aliphatic carbocycles. The van der Waals surface area contributed by atoms with Crippen LogP contribution in [-0.2, 0) is 11.3 Å². The molecule has 0 aromatic carbocycles. The largest absolute Gasteiger partial charge is 0.489 e. The fraction of sp³-hybridized carbons (Fsp3) is 0.250. The normalized spacial score (nSPS) is 10.2. The van der Waals surface area contributed by atoms with Crippen molar-refractivity contribution in [2.75, 3.05) is 5.32 Å². The topological polar surface area (TPSA) is 148 Å². The van der Waals surface area contributed by atoms with E-state index in [9.17, 15) is 4.79 Å². The van der Waals surface area contributed by atoms with Crippen LogP contribution in [0.15, 0.2) is 30.7 Å². The SMILES string of the molecule is CC(C)Oc1ccc(C(=N)NC(=S)Nc2nccnc2COC(N)=O)nc1. The minimum Gasteiger partial charge on any atom is -0.489 e. The van der Waals surface area contributed by atoms with Gasteiger partial charge >= 0.3 is 6.09 Å². The summed E-state index contributed by atoms with van der Waals surface area (Å²) < 4.78 is 10.2. The van der Waals surface area contributed by atoms with Gasteiger partial charge in [-0.05, 0) is 38.2 Å². The van der Waals surface area contributed by atoms with Crippen LogP contribution in [0.2, 0.25) is 0 Å². The fourth-order valence-electron chi connectivity index (χ4n) is 1.90. The Kier molecular flexibility index (Phi) is 6.94. The lowest BCUT2D eigenvalue weighted by molar-refractivity contribution is 0.149. The molecular formula is C16H19N7O3S. The van der Waals surface area contributed by atoms with E-state index in [-0.39, 0.29) is 29.5 Å². The van der Waals surface area contributed by atoms with Crippen LogP contribution in [-0.4, -0.2) is 38.1 Å². The first-order valence-electron chi connectivity index (χ1n) is 7.87. The molecule has 0 atom stereocenters. The lowest BCUT2D eigenvalue weighted by Crippen LogP contribution is -2.35. The monoisotopic (exact) mass is 389 g/mol. The second-order valence-electron chi connectivity index (χ2n) is 5.46. The molecule has 0 radical (unpaired) electrons. The van der Waals surface area contributed by atoms with E-state index >= 15 is 0 Å². The average Bonchev–Trinajstić information content (AvgIpc) is 2.61. The zero-order valence-electron chi connectivity index (χ0n) is 14.7. The number of primary amides is 1. The number of amidine groups is 1. The van der Waals surface area contributed by atoms with Gasteiger partial charge in [0.1, 0.15) is 23.7 Å². The number of nitrogens with one attached hydrogen (secondary N) is 3. The van der Waals surface area contributed by atoms with E-state index in [2.05, 4.69) is 25.6 Å². The third-order valence-electron chi connectivity index (χ3n) is 2.96. The van der Waals surface area contributed by atoms with E-state index < -0.39 is 6.09 Å². The molecule has 1 amide bonds. The Morgan fingerprint density at radius 3 is 2.67 bits per heavy atom. The van der Waals surface area contributed by atoms with E-state index in [4.69, 9.17) is 32.8 Å². The lowest BCUT2D eigenvalue weighted by Gasteiger charge is -2.13. The molecular weight excluding hydrogens is 370 g/mol. The van der Waals surface area contributed by atoms with Crippen molar-refractivity contribution in [2.45, 2.75) is 26.6 Å². The van der Waals surface area contributed by atoms with Crippen LogP contribution in [0.3, 0.4) is 0 Å². The van der Waals surface area contributed by atoms with Gasteiger partial charge in [-0.3, -0.25) is 10.4 Å². The van der Waals surface area contributed by atoms with Crippen LogP contribution in [0.4, 0.5) is 10.6 Å². The summed E-state index contributed by atoms with van der Waals surface area (Å²) in [6, 6.07) is 3.36. The molecule has 27 heavy (non-hydrogen) atoms. The minimum absolute atomic E-state index is 0.0116. The maximum Gasteiger partial charge on any atom is 0.404 e. The molecule has 0 bridgehead atoms. The van der Waals surface area contributed by atoms with Crippen LogP contribution < -0.4 is 21.1 Å². The third-order valence-corrected chi connectivity index (χ3v) is 3.16. The van der Waals surface area contributed by atoms with Crippen molar-refractivity contribution in [3.8, 4) is 5.75 Å². The van der Waals surface area contributed by atoms with Gasteiger partial charge in [-0.15, -0.1) is 0 Å². The number of amides is 1. The number of nitrogens with zero attached hydrogens (tertiary/aromatic N) is 3. The zero-order chi connectivity index (χ0) is 19.8. The molecule has 0 saturated carbocycles. The van der Waals surface area contributed by atoms with Crippen LogP contribution in [0.25, 0.3) is 0 Å². The zero-order valence-corrected chi connectivity index (χ0v) is 15.5. The Bertz CT molecular complexity index is 827. The Labute approximate surface area is 161 Å². The summed E-state index contributed by atoms with van der Waals surface area (Å²) in [6.45, 7) is 3.66. The van der Waals surface area contributed by atoms with Crippen LogP contribution in [0, 0.1) is 5.41 Å². The molecule has 0 unspecified atom stereocenters. The second-order valence-corrected chi connectivity index (χ2v) is 5.87. The number of ether oxygens (including phenoxy) is 2. The molecule has 2 heterocycles. The van der Waals surface area contributed by atoms with Gasteiger partial charge in [0, 0.05) is 12.4 Å². The van der Waals surface area contributed by atoms with E-state index in [0.717, 1.165) is 0 Å². The average molecular weight is 389 g/mol. The number of anilines is 1. The van der Waals surface area contributed by atoms with Gasteiger partial charge < -0.3 is 25.8 Å². The molecule has 2 rings (SSSR count). The molecule has 10 nitrogen and oxygen atoms in total. The fourth-order valence-corrected chi connectivity index (χ4v) is 2.10. The predicted molar refractivity (Wildman–Crippen MR) is 103 cm³/mol. The van der Waals surface area contributed by atoms with E-state index in [1.807, 2.05) is 13.8 Å². The molecule has 2 aromatic rings. The maximum absolute atomic E-state index is 10.7. The van der Waals surface area contributed by atoms with Gasteiger partial charge in [0.15, 0.2) is 16.8 Å². The molecule has 11 heteroatoms. The highest BCUT2D eigenvalue weighted by Crippen LogP contribution is 2.12. The van der Waals surface area contributed by atoms with Gasteiger partial charge in [-0.1, -0.05) is 0 Å². The molecule has 2 aromatic heterocycles. The van der Waals surface area contributed by atoms with Crippen molar-refractivity contribution in [1.29, 1.82) is 5.41 Å². The van der Waals surface area contributed by atoms with Gasteiger partial charge in [0.05, 0.1) is 12.3 Å². The summed E-state index contributed by atoms with van der Waals surface area (Å²) in [5.74, 6) is 0.876. The molecule has 0 fully saturated rings. The molecule has 142 valence electrons.